The van der Waals surface area contributed by atoms with Gasteiger partial charge in [-0.15, -0.1) is 0 Å². The van der Waals surface area contributed by atoms with Gasteiger partial charge in [0.1, 0.15) is 12.1 Å². The highest BCUT2D eigenvalue weighted by atomic mass is 19.1. The fourth-order valence-corrected chi connectivity index (χ4v) is 3.36. The third-order valence-corrected chi connectivity index (χ3v) is 5.06. The summed E-state index contributed by atoms with van der Waals surface area (Å²) >= 11 is 0. The van der Waals surface area contributed by atoms with Crippen molar-refractivity contribution in [2.75, 3.05) is 13.1 Å². The van der Waals surface area contributed by atoms with Crippen LogP contribution in [0.4, 0.5) is 4.39 Å². The molecule has 1 aliphatic heterocycles. The molecule has 0 atom stereocenters. The van der Waals surface area contributed by atoms with Crippen LogP contribution in [0.25, 0.3) is 11.4 Å². The first kappa shape index (κ1) is 18.2. The molecule has 0 saturated carbocycles. The molecule has 4 rings (SSSR count). The predicted octanol–water partition coefficient (Wildman–Crippen LogP) is 2.92. The molecule has 0 radical (unpaired) electrons. The summed E-state index contributed by atoms with van der Waals surface area (Å²) in [4.78, 5) is 27.0. The number of hydrogen-bond acceptors (Lipinski definition) is 6. The van der Waals surface area contributed by atoms with Crippen LogP contribution in [0, 0.1) is 12.7 Å². The van der Waals surface area contributed by atoms with Crippen molar-refractivity contribution < 1.29 is 13.7 Å². The van der Waals surface area contributed by atoms with Gasteiger partial charge in [-0.2, -0.15) is 4.98 Å². The van der Waals surface area contributed by atoms with E-state index in [-0.39, 0.29) is 24.1 Å². The smallest absolute Gasteiger partial charge is 0.230 e. The maximum atomic E-state index is 13.1. The quantitative estimate of drug-likeness (QED) is 0.691. The van der Waals surface area contributed by atoms with Crippen LogP contribution in [0.2, 0.25) is 0 Å². The first-order chi connectivity index (χ1) is 13.6. The van der Waals surface area contributed by atoms with E-state index < -0.39 is 0 Å². The van der Waals surface area contributed by atoms with Crippen molar-refractivity contribution in [3.8, 4) is 11.4 Å². The number of carbonyl (C=O) groups is 1. The highest BCUT2D eigenvalue weighted by molar-refractivity contribution is 5.78. The zero-order valence-electron chi connectivity index (χ0n) is 15.5. The Morgan fingerprint density at radius 3 is 2.71 bits per heavy atom. The van der Waals surface area contributed by atoms with E-state index in [2.05, 4.69) is 20.1 Å². The number of nitrogens with zero attached hydrogens (tertiary/aromatic N) is 5. The van der Waals surface area contributed by atoms with Crippen molar-refractivity contribution in [2.45, 2.75) is 32.1 Å². The van der Waals surface area contributed by atoms with Gasteiger partial charge < -0.3 is 9.42 Å². The molecule has 1 fully saturated rings. The van der Waals surface area contributed by atoms with Crippen molar-refractivity contribution in [1.29, 1.82) is 0 Å². The molecule has 1 aliphatic rings. The molecule has 7 nitrogen and oxygen atoms in total. The van der Waals surface area contributed by atoms with Crippen molar-refractivity contribution in [1.82, 2.24) is 25.0 Å². The summed E-state index contributed by atoms with van der Waals surface area (Å²) in [6, 6.07) is 5.99. The number of carbonyl (C=O) groups excluding carboxylic acids is 1. The molecule has 144 valence electrons. The summed E-state index contributed by atoms with van der Waals surface area (Å²) < 4.78 is 18.5. The van der Waals surface area contributed by atoms with Gasteiger partial charge in [-0.25, -0.2) is 14.4 Å². The Morgan fingerprint density at radius 1 is 1.25 bits per heavy atom. The van der Waals surface area contributed by atoms with Crippen molar-refractivity contribution in [3.05, 3.63) is 59.8 Å². The number of piperidine rings is 1. The Balaban J connectivity index is 1.36. The summed E-state index contributed by atoms with van der Waals surface area (Å²) in [6.45, 7) is 3.19. The minimum atomic E-state index is -0.304. The van der Waals surface area contributed by atoms with Gasteiger partial charge >= 0.3 is 0 Å². The molecule has 0 unspecified atom stereocenters. The van der Waals surface area contributed by atoms with E-state index in [9.17, 15) is 9.18 Å². The molecule has 8 heteroatoms. The second-order valence-electron chi connectivity index (χ2n) is 6.95. The summed E-state index contributed by atoms with van der Waals surface area (Å²) in [5.41, 5.74) is 2.40. The molecule has 0 spiro atoms. The summed E-state index contributed by atoms with van der Waals surface area (Å²) in [6.07, 6.45) is 5.00. The number of rotatable bonds is 4. The molecular weight excluding hydrogens is 361 g/mol. The zero-order valence-corrected chi connectivity index (χ0v) is 15.5. The molecule has 0 bridgehead atoms. The predicted molar refractivity (Wildman–Crippen MR) is 98.7 cm³/mol. The van der Waals surface area contributed by atoms with E-state index in [1.165, 1.54) is 18.5 Å². The fraction of sp³-hybridized carbons (Fsp3) is 0.350. The number of amides is 1. The zero-order chi connectivity index (χ0) is 19.5. The van der Waals surface area contributed by atoms with E-state index >= 15 is 0 Å². The van der Waals surface area contributed by atoms with Crippen LogP contribution in [0.1, 0.15) is 35.9 Å². The molecule has 1 saturated heterocycles. The minimum Gasteiger partial charge on any atom is -0.342 e. The molecule has 1 amide bonds. The van der Waals surface area contributed by atoms with Gasteiger partial charge in [0.15, 0.2) is 0 Å². The van der Waals surface area contributed by atoms with Crippen LogP contribution in [0.15, 0.2) is 41.3 Å². The van der Waals surface area contributed by atoms with Crippen molar-refractivity contribution in [3.63, 3.8) is 0 Å². The molecule has 2 aromatic heterocycles. The van der Waals surface area contributed by atoms with Gasteiger partial charge in [0.2, 0.25) is 17.6 Å². The molecule has 0 aliphatic carbocycles. The maximum Gasteiger partial charge on any atom is 0.230 e. The van der Waals surface area contributed by atoms with E-state index in [1.54, 1.807) is 18.3 Å². The normalized spacial score (nSPS) is 15.0. The van der Waals surface area contributed by atoms with Crippen LogP contribution in [-0.4, -0.2) is 44.0 Å². The average Bonchev–Trinajstić information content (AvgIpc) is 3.20. The van der Waals surface area contributed by atoms with E-state index in [1.807, 2.05) is 11.8 Å². The van der Waals surface area contributed by atoms with Crippen LogP contribution in [0.3, 0.4) is 0 Å². The van der Waals surface area contributed by atoms with Gasteiger partial charge in [-0.05, 0) is 49.6 Å². The molecule has 3 heterocycles. The summed E-state index contributed by atoms with van der Waals surface area (Å²) in [5, 5.41) is 4.01. The number of aryl methyl sites for hydroxylation is 1. The monoisotopic (exact) mass is 381 g/mol. The standard InChI is InChI=1S/C20H20FN5O2/c1-13-11-22-12-23-17(13)10-18(27)26-8-6-15(7-9-26)20-24-19(25-28-20)14-2-4-16(21)5-3-14/h2-5,11-12,15H,6-10H2,1H3. The Kier molecular flexibility index (Phi) is 5.10. The molecule has 1 aromatic carbocycles. The topological polar surface area (TPSA) is 85.0 Å². The van der Waals surface area contributed by atoms with Crippen LogP contribution in [0.5, 0.6) is 0 Å². The minimum absolute atomic E-state index is 0.0674. The lowest BCUT2D eigenvalue weighted by atomic mass is 9.96. The number of benzene rings is 1. The van der Waals surface area contributed by atoms with E-state index in [4.69, 9.17) is 4.52 Å². The average molecular weight is 381 g/mol. The third kappa shape index (κ3) is 3.90. The molecule has 28 heavy (non-hydrogen) atoms. The highest BCUT2D eigenvalue weighted by Gasteiger charge is 2.28. The molecule has 3 aromatic rings. The number of likely N-dealkylation sites (tertiary alicyclic amines) is 1. The highest BCUT2D eigenvalue weighted by Crippen LogP contribution is 2.28. The maximum absolute atomic E-state index is 13.1. The third-order valence-electron chi connectivity index (χ3n) is 5.06. The van der Waals surface area contributed by atoms with Gasteiger partial charge in [-0.3, -0.25) is 4.79 Å². The van der Waals surface area contributed by atoms with E-state index in [0.29, 0.717) is 30.4 Å². The lowest BCUT2D eigenvalue weighted by molar-refractivity contribution is -0.131. The summed E-state index contributed by atoms with van der Waals surface area (Å²) in [7, 11) is 0. The number of halogens is 1. The van der Waals surface area contributed by atoms with Crippen molar-refractivity contribution >= 4 is 5.91 Å². The lowest BCUT2D eigenvalue weighted by Gasteiger charge is -2.30. The second-order valence-corrected chi connectivity index (χ2v) is 6.95. The molecular formula is C20H20FN5O2. The number of aromatic nitrogens is 4. The van der Waals surface area contributed by atoms with Crippen LogP contribution in [-0.2, 0) is 11.2 Å². The van der Waals surface area contributed by atoms with Gasteiger partial charge in [0.05, 0.1) is 12.1 Å². The first-order valence-electron chi connectivity index (χ1n) is 9.23. The Hall–Kier alpha value is -3.16. The first-order valence-corrected chi connectivity index (χ1v) is 9.23. The summed E-state index contributed by atoms with van der Waals surface area (Å²) in [5.74, 6) is 0.900. The Morgan fingerprint density at radius 2 is 2.00 bits per heavy atom. The van der Waals surface area contributed by atoms with Crippen LogP contribution < -0.4 is 0 Å². The van der Waals surface area contributed by atoms with Crippen LogP contribution >= 0.6 is 0 Å². The van der Waals surface area contributed by atoms with Crippen molar-refractivity contribution in [2.24, 2.45) is 0 Å². The van der Waals surface area contributed by atoms with Gasteiger partial charge in [0, 0.05) is 30.8 Å². The largest absolute Gasteiger partial charge is 0.342 e. The van der Waals surface area contributed by atoms with Gasteiger partial charge in [0.25, 0.3) is 0 Å². The molecule has 0 N–H and O–H groups in total. The fourth-order valence-electron chi connectivity index (χ4n) is 3.36. The Bertz CT molecular complexity index is 965. The van der Waals surface area contributed by atoms with E-state index in [0.717, 1.165) is 24.1 Å². The second kappa shape index (κ2) is 7.84. The number of hydrogen-bond donors (Lipinski definition) is 0. The SMILES string of the molecule is Cc1cncnc1CC(=O)N1CCC(c2nc(-c3ccc(F)cc3)no2)CC1. The lowest BCUT2D eigenvalue weighted by Crippen LogP contribution is -2.39. The Labute approximate surface area is 161 Å². The van der Waals surface area contributed by atoms with Gasteiger partial charge in [-0.1, -0.05) is 5.16 Å².